The SMILES string of the molecule is CC(C)(C)OC(=O)NOCC(F)CN. The number of carbonyl (C=O) groups excluding carboxylic acids is 1. The van der Waals surface area contributed by atoms with Crippen LogP contribution in [0.2, 0.25) is 0 Å². The molecule has 0 aliphatic heterocycles. The van der Waals surface area contributed by atoms with Crippen LogP contribution >= 0.6 is 0 Å². The number of rotatable bonds is 4. The van der Waals surface area contributed by atoms with Gasteiger partial charge < -0.3 is 10.5 Å². The van der Waals surface area contributed by atoms with Crippen molar-refractivity contribution in [3.63, 3.8) is 0 Å². The van der Waals surface area contributed by atoms with Crippen LogP contribution in [0.3, 0.4) is 0 Å². The van der Waals surface area contributed by atoms with E-state index in [-0.39, 0.29) is 13.2 Å². The van der Waals surface area contributed by atoms with Gasteiger partial charge in [-0.3, -0.25) is 4.84 Å². The van der Waals surface area contributed by atoms with Gasteiger partial charge in [0.1, 0.15) is 18.4 Å². The van der Waals surface area contributed by atoms with E-state index in [2.05, 4.69) is 4.84 Å². The number of hydroxylamine groups is 1. The van der Waals surface area contributed by atoms with Crippen molar-refractivity contribution in [2.45, 2.75) is 32.5 Å². The molecule has 0 aromatic heterocycles. The van der Waals surface area contributed by atoms with Crippen LogP contribution in [0, 0.1) is 0 Å². The minimum Gasteiger partial charge on any atom is -0.442 e. The van der Waals surface area contributed by atoms with Gasteiger partial charge in [-0.15, -0.1) is 0 Å². The molecule has 1 amide bonds. The van der Waals surface area contributed by atoms with E-state index in [0.717, 1.165) is 0 Å². The third-order valence-electron chi connectivity index (χ3n) is 1.07. The molecule has 0 saturated heterocycles. The molecule has 0 rings (SSSR count). The second kappa shape index (κ2) is 5.77. The van der Waals surface area contributed by atoms with Gasteiger partial charge in [-0.2, -0.15) is 5.48 Å². The second-order valence-corrected chi connectivity index (χ2v) is 3.75. The van der Waals surface area contributed by atoms with Gasteiger partial charge in [0.15, 0.2) is 0 Å². The fourth-order valence-electron chi connectivity index (χ4n) is 0.558. The van der Waals surface area contributed by atoms with Crippen molar-refractivity contribution in [3.05, 3.63) is 0 Å². The van der Waals surface area contributed by atoms with Crippen molar-refractivity contribution in [3.8, 4) is 0 Å². The molecule has 0 bridgehead atoms. The molecule has 5 nitrogen and oxygen atoms in total. The average molecular weight is 208 g/mol. The third kappa shape index (κ3) is 7.75. The quantitative estimate of drug-likeness (QED) is 0.668. The molecule has 1 unspecified atom stereocenters. The lowest BCUT2D eigenvalue weighted by atomic mass is 10.2. The summed E-state index contributed by atoms with van der Waals surface area (Å²) in [5.74, 6) is 0. The number of halogens is 1. The number of hydrogen-bond acceptors (Lipinski definition) is 4. The molecule has 6 heteroatoms. The standard InChI is InChI=1S/C8H17FN2O3/c1-8(2,3)14-7(12)11-13-5-6(9)4-10/h6H,4-5,10H2,1-3H3,(H,11,12). The Hall–Kier alpha value is -0.880. The van der Waals surface area contributed by atoms with Crippen molar-refractivity contribution in [1.29, 1.82) is 0 Å². The van der Waals surface area contributed by atoms with Crippen LogP contribution in [0.4, 0.5) is 9.18 Å². The molecule has 1 atom stereocenters. The number of nitrogens with one attached hydrogen (secondary N) is 1. The number of amides is 1. The Morgan fingerprint density at radius 2 is 2.14 bits per heavy atom. The number of alkyl halides is 1. The molecule has 0 fully saturated rings. The fourth-order valence-corrected chi connectivity index (χ4v) is 0.558. The van der Waals surface area contributed by atoms with E-state index in [1.54, 1.807) is 20.8 Å². The topological polar surface area (TPSA) is 73.6 Å². The summed E-state index contributed by atoms with van der Waals surface area (Å²) in [6, 6.07) is 0. The van der Waals surface area contributed by atoms with Crippen molar-refractivity contribution in [2.75, 3.05) is 13.2 Å². The van der Waals surface area contributed by atoms with E-state index < -0.39 is 17.9 Å². The number of hydrogen-bond donors (Lipinski definition) is 2. The van der Waals surface area contributed by atoms with E-state index >= 15 is 0 Å². The van der Waals surface area contributed by atoms with Crippen molar-refractivity contribution >= 4 is 6.09 Å². The van der Waals surface area contributed by atoms with Gasteiger partial charge in [0.2, 0.25) is 0 Å². The third-order valence-corrected chi connectivity index (χ3v) is 1.07. The van der Waals surface area contributed by atoms with Gasteiger partial charge in [0.05, 0.1) is 0 Å². The molecule has 0 aliphatic rings. The Balaban J connectivity index is 3.55. The molecule has 3 N–H and O–H groups in total. The van der Waals surface area contributed by atoms with E-state index in [1.807, 2.05) is 5.48 Å². The van der Waals surface area contributed by atoms with Crippen LogP contribution < -0.4 is 11.2 Å². The van der Waals surface area contributed by atoms with Crippen LogP contribution in [0.5, 0.6) is 0 Å². The van der Waals surface area contributed by atoms with Crippen molar-refractivity contribution in [2.24, 2.45) is 5.73 Å². The van der Waals surface area contributed by atoms with Gasteiger partial charge in [-0.1, -0.05) is 0 Å². The summed E-state index contributed by atoms with van der Waals surface area (Å²) >= 11 is 0. The second-order valence-electron chi connectivity index (χ2n) is 3.75. The first-order valence-corrected chi connectivity index (χ1v) is 4.30. The summed E-state index contributed by atoms with van der Waals surface area (Å²) in [6.07, 6.45) is -2.04. The van der Waals surface area contributed by atoms with Crippen LogP contribution in [0.15, 0.2) is 0 Å². The highest BCUT2D eigenvalue weighted by atomic mass is 19.1. The molecule has 84 valence electrons. The lowest BCUT2D eigenvalue weighted by Gasteiger charge is -2.19. The first kappa shape index (κ1) is 13.1. The summed E-state index contributed by atoms with van der Waals surface area (Å²) in [5, 5.41) is 0. The smallest absolute Gasteiger partial charge is 0.431 e. The zero-order valence-corrected chi connectivity index (χ0v) is 8.67. The van der Waals surface area contributed by atoms with Crippen LogP contribution in [-0.4, -0.2) is 31.0 Å². The minimum atomic E-state index is -1.29. The monoisotopic (exact) mass is 208 g/mol. The maximum atomic E-state index is 12.5. The molecule has 14 heavy (non-hydrogen) atoms. The molecule has 0 aliphatic carbocycles. The van der Waals surface area contributed by atoms with Gasteiger partial charge in [0, 0.05) is 6.54 Å². The van der Waals surface area contributed by atoms with E-state index in [0.29, 0.717) is 0 Å². The highest BCUT2D eigenvalue weighted by molar-refractivity contribution is 5.66. The van der Waals surface area contributed by atoms with Crippen LogP contribution in [0.1, 0.15) is 20.8 Å². The summed E-state index contributed by atoms with van der Waals surface area (Å²) < 4.78 is 17.3. The summed E-state index contributed by atoms with van der Waals surface area (Å²) in [4.78, 5) is 15.4. The first-order valence-electron chi connectivity index (χ1n) is 4.30. The Bertz CT molecular complexity index is 182. The molecule has 0 aromatic carbocycles. The fraction of sp³-hybridized carbons (Fsp3) is 0.875. The Labute approximate surface area is 82.7 Å². The number of carbonyl (C=O) groups is 1. The molecular formula is C8H17FN2O3. The van der Waals surface area contributed by atoms with E-state index in [9.17, 15) is 9.18 Å². The highest BCUT2D eigenvalue weighted by Gasteiger charge is 2.16. The maximum Gasteiger partial charge on any atom is 0.431 e. The lowest BCUT2D eigenvalue weighted by molar-refractivity contribution is -0.0206. The Kier molecular flexibility index (Phi) is 5.40. The largest absolute Gasteiger partial charge is 0.442 e. The molecule has 0 saturated carbocycles. The van der Waals surface area contributed by atoms with E-state index in [4.69, 9.17) is 10.5 Å². The van der Waals surface area contributed by atoms with Gasteiger partial charge in [-0.25, -0.2) is 9.18 Å². The van der Waals surface area contributed by atoms with Gasteiger partial charge in [-0.05, 0) is 20.8 Å². The van der Waals surface area contributed by atoms with Gasteiger partial charge in [0.25, 0.3) is 0 Å². The first-order chi connectivity index (χ1) is 6.35. The molecular weight excluding hydrogens is 191 g/mol. The predicted molar refractivity (Wildman–Crippen MR) is 49.3 cm³/mol. The highest BCUT2D eigenvalue weighted by Crippen LogP contribution is 2.06. The summed E-state index contributed by atoms with van der Waals surface area (Å²) in [6.45, 7) is 4.71. The summed E-state index contributed by atoms with van der Waals surface area (Å²) in [7, 11) is 0. The molecule has 0 aromatic rings. The maximum absolute atomic E-state index is 12.5. The Morgan fingerprint density at radius 1 is 1.57 bits per heavy atom. The van der Waals surface area contributed by atoms with Gasteiger partial charge >= 0.3 is 6.09 Å². The lowest BCUT2D eigenvalue weighted by Crippen LogP contribution is -2.34. The average Bonchev–Trinajstić information content (AvgIpc) is 2.00. The minimum absolute atomic E-state index is 0.143. The molecule has 0 spiro atoms. The number of nitrogens with two attached hydrogens (primary N) is 1. The van der Waals surface area contributed by atoms with Crippen molar-refractivity contribution < 1.29 is 18.8 Å². The zero-order valence-electron chi connectivity index (χ0n) is 8.67. The zero-order chi connectivity index (χ0) is 11.2. The normalized spacial score (nSPS) is 13.5. The molecule has 0 radical (unpaired) electrons. The number of ether oxygens (including phenoxy) is 1. The van der Waals surface area contributed by atoms with Crippen molar-refractivity contribution in [1.82, 2.24) is 5.48 Å². The van der Waals surface area contributed by atoms with Crippen LogP contribution in [0.25, 0.3) is 0 Å². The predicted octanol–water partition coefficient (Wildman–Crippen LogP) is 0.740. The molecule has 0 heterocycles. The summed E-state index contributed by atoms with van der Waals surface area (Å²) in [5.41, 5.74) is 6.34. The Morgan fingerprint density at radius 3 is 2.57 bits per heavy atom. The van der Waals surface area contributed by atoms with Crippen LogP contribution in [-0.2, 0) is 9.57 Å². The van der Waals surface area contributed by atoms with E-state index in [1.165, 1.54) is 0 Å².